The fourth-order valence-electron chi connectivity index (χ4n) is 2.84. The topological polar surface area (TPSA) is 66.9 Å². The van der Waals surface area contributed by atoms with E-state index in [1.165, 1.54) is 25.7 Å². The molecule has 5 heteroatoms. The molecule has 0 radical (unpaired) electrons. The maximum absolute atomic E-state index is 10.6. The molecule has 5 nitrogen and oxygen atoms in total. The van der Waals surface area contributed by atoms with E-state index in [0.717, 1.165) is 23.6 Å². The predicted octanol–water partition coefficient (Wildman–Crippen LogP) is 4.34. The van der Waals surface area contributed by atoms with Crippen molar-refractivity contribution in [2.24, 2.45) is 5.92 Å². The second-order valence-electron chi connectivity index (χ2n) is 5.92. The smallest absolute Gasteiger partial charge is 0.212 e. The molecule has 0 aliphatic heterocycles. The molecule has 2 aromatic heterocycles. The number of aromatic nitrogens is 2. The molecule has 0 saturated heterocycles. The number of rotatable bonds is 10. The fraction of sp³-hybridized carbons (Fsp3) is 0.421. The van der Waals surface area contributed by atoms with Gasteiger partial charge in [-0.05, 0) is 43.0 Å². The monoisotopic (exact) mass is 326 g/mol. The van der Waals surface area contributed by atoms with Gasteiger partial charge < -0.3 is 10.6 Å². The van der Waals surface area contributed by atoms with Crippen molar-refractivity contribution in [3.8, 4) is 11.3 Å². The molecule has 0 spiro atoms. The van der Waals surface area contributed by atoms with Crippen LogP contribution in [0, 0.1) is 5.92 Å². The molecule has 0 fully saturated rings. The number of amides is 1. The highest BCUT2D eigenvalue weighted by atomic mass is 16.1. The number of hydrogen-bond acceptors (Lipinski definition) is 4. The molecule has 0 bridgehead atoms. The minimum Gasteiger partial charge on any atom is -0.370 e. The van der Waals surface area contributed by atoms with Crippen LogP contribution in [0.4, 0.5) is 11.6 Å². The summed E-state index contributed by atoms with van der Waals surface area (Å²) in [5.41, 5.74) is 1.79. The van der Waals surface area contributed by atoms with Crippen LogP contribution in [0.15, 0.2) is 36.5 Å². The molecule has 0 aliphatic carbocycles. The van der Waals surface area contributed by atoms with Crippen LogP contribution in [-0.4, -0.2) is 22.9 Å². The van der Waals surface area contributed by atoms with Gasteiger partial charge in [-0.25, -0.2) is 9.97 Å². The molecule has 0 unspecified atom stereocenters. The molecular formula is C19H26N4O. The maximum atomic E-state index is 10.6. The Bertz CT molecular complexity index is 639. The minimum absolute atomic E-state index is 0.522. The number of hydrogen-bond donors (Lipinski definition) is 2. The average molecular weight is 326 g/mol. The lowest BCUT2D eigenvalue weighted by atomic mass is 9.98. The molecule has 0 aromatic carbocycles. The van der Waals surface area contributed by atoms with Gasteiger partial charge in [-0.15, -0.1) is 0 Å². The Kier molecular flexibility index (Phi) is 7.21. The molecule has 0 saturated carbocycles. The van der Waals surface area contributed by atoms with Crippen molar-refractivity contribution in [2.75, 3.05) is 17.2 Å². The number of carbonyl (C=O) groups is 1. The zero-order valence-corrected chi connectivity index (χ0v) is 14.5. The lowest BCUT2D eigenvalue weighted by Gasteiger charge is -2.16. The van der Waals surface area contributed by atoms with E-state index in [1.54, 1.807) is 6.20 Å². The van der Waals surface area contributed by atoms with E-state index in [0.29, 0.717) is 18.1 Å². The molecule has 0 aliphatic rings. The van der Waals surface area contributed by atoms with E-state index >= 15 is 0 Å². The van der Waals surface area contributed by atoms with Crippen LogP contribution in [0.3, 0.4) is 0 Å². The van der Waals surface area contributed by atoms with Crippen LogP contribution in [0.1, 0.15) is 39.5 Å². The molecule has 2 heterocycles. The van der Waals surface area contributed by atoms with Gasteiger partial charge in [0.15, 0.2) is 0 Å². The van der Waals surface area contributed by atoms with Crippen molar-refractivity contribution in [1.29, 1.82) is 0 Å². The number of anilines is 2. The molecule has 2 N–H and O–H groups in total. The highest BCUT2D eigenvalue weighted by Crippen LogP contribution is 2.21. The van der Waals surface area contributed by atoms with Crippen molar-refractivity contribution in [1.82, 2.24) is 9.97 Å². The average Bonchev–Trinajstić information content (AvgIpc) is 2.61. The Morgan fingerprint density at radius 1 is 1.12 bits per heavy atom. The van der Waals surface area contributed by atoms with Crippen LogP contribution < -0.4 is 10.6 Å². The second kappa shape index (κ2) is 9.65. The Hall–Kier alpha value is -2.43. The van der Waals surface area contributed by atoms with E-state index in [9.17, 15) is 4.79 Å². The van der Waals surface area contributed by atoms with Gasteiger partial charge in [-0.1, -0.05) is 32.8 Å². The van der Waals surface area contributed by atoms with E-state index < -0.39 is 0 Å². The van der Waals surface area contributed by atoms with Gasteiger partial charge in [0.2, 0.25) is 6.41 Å². The Balaban J connectivity index is 2.08. The van der Waals surface area contributed by atoms with Gasteiger partial charge in [0.1, 0.15) is 11.6 Å². The summed E-state index contributed by atoms with van der Waals surface area (Å²) >= 11 is 0. The van der Waals surface area contributed by atoms with Gasteiger partial charge in [0.25, 0.3) is 0 Å². The number of pyridine rings is 2. The van der Waals surface area contributed by atoms with Crippen LogP contribution in [-0.2, 0) is 4.79 Å². The predicted molar refractivity (Wildman–Crippen MR) is 99.0 cm³/mol. The molecule has 24 heavy (non-hydrogen) atoms. The standard InChI is InChI=1S/C19H26N4O/c1-3-6-15(7-4-2)13-21-18-9-5-8-17(23-18)16-10-11-20-19(12-16)22-14-24/h5,8-12,14-15H,3-4,6-7,13H2,1-2H3,(H,21,23)(H,20,22,24). The first-order valence-corrected chi connectivity index (χ1v) is 8.64. The van der Waals surface area contributed by atoms with Crippen LogP contribution in [0.5, 0.6) is 0 Å². The van der Waals surface area contributed by atoms with Crippen LogP contribution in [0.2, 0.25) is 0 Å². The van der Waals surface area contributed by atoms with Gasteiger partial charge in [0.05, 0.1) is 5.69 Å². The first kappa shape index (κ1) is 17.9. The number of carbonyl (C=O) groups excluding carboxylic acids is 1. The Morgan fingerprint density at radius 3 is 2.62 bits per heavy atom. The van der Waals surface area contributed by atoms with Crippen molar-refractivity contribution < 1.29 is 4.79 Å². The summed E-state index contributed by atoms with van der Waals surface area (Å²) in [4.78, 5) is 19.3. The summed E-state index contributed by atoms with van der Waals surface area (Å²) in [5.74, 6) is 2.09. The zero-order chi connectivity index (χ0) is 17.2. The molecule has 1 amide bonds. The maximum Gasteiger partial charge on any atom is 0.212 e. The largest absolute Gasteiger partial charge is 0.370 e. The summed E-state index contributed by atoms with van der Waals surface area (Å²) in [7, 11) is 0. The normalized spacial score (nSPS) is 10.6. The van der Waals surface area contributed by atoms with Crippen molar-refractivity contribution in [2.45, 2.75) is 39.5 Å². The summed E-state index contributed by atoms with van der Waals surface area (Å²) < 4.78 is 0. The number of nitrogens with one attached hydrogen (secondary N) is 2. The highest BCUT2D eigenvalue weighted by Gasteiger charge is 2.08. The molecule has 2 aromatic rings. The quantitative estimate of drug-likeness (QED) is 0.637. The van der Waals surface area contributed by atoms with Gasteiger partial charge in [-0.3, -0.25) is 4.79 Å². The van der Waals surface area contributed by atoms with Crippen molar-refractivity contribution in [3.05, 3.63) is 36.5 Å². The van der Waals surface area contributed by atoms with Crippen molar-refractivity contribution in [3.63, 3.8) is 0 Å². The number of nitrogens with zero attached hydrogens (tertiary/aromatic N) is 2. The SMILES string of the molecule is CCCC(CCC)CNc1cccc(-c2ccnc(NC=O)c2)n1. The lowest BCUT2D eigenvalue weighted by Crippen LogP contribution is -2.15. The van der Waals surface area contributed by atoms with E-state index in [2.05, 4.69) is 34.4 Å². The summed E-state index contributed by atoms with van der Waals surface area (Å²) in [6.45, 7) is 5.41. The first-order valence-electron chi connectivity index (χ1n) is 8.64. The highest BCUT2D eigenvalue weighted by molar-refractivity contribution is 5.72. The second-order valence-corrected chi connectivity index (χ2v) is 5.92. The lowest BCUT2D eigenvalue weighted by molar-refractivity contribution is -0.105. The first-order chi connectivity index (χ1) is 11.8. The van der Waals surface area contributed by atoms with E-state index in [1.807, 2.05) is 30.3 Å². The zero-order valence-electron chi connectivity index (χ0n) is 14.5. The van der Waals surface area contributed by atoms with E-state index in [-0.39, 0.29) is 0 Å². The third-order valence-corrected chi connectivity index (χ3v) is 3.98. The summed E-state index contributed by atoms with van der Waals surface area (Å²) in [6, 6.07) is 9.65. The van der Waals surface area contributed by atoms with Gasteiger partial charge >= 0.3 is 0 Å². The Morgan fingerprint density at radius 2 is 1.92 bits per heavy atom. The third-order valence-electron chi connectivity index (χ3n) is 3.98. The fourth-order valence-corrected chi connectivity index (χ4v) is 2.84. The molecule has 128 valence electrons. The third kappa shape index (κ3) is 5.33. The van der Waals surface area contributed by atoms with Gasteiger partial charge in [0, 0.05) is 18.3 Å². The Labute approximate surface area is 143 Å². The van der Waals surface area contributed by atoms with Crippen molar-refractivity contribution >= 4 is 18.0 Å². The summed E-state index contributed by atoms with van der Waals surface area (Å²) in [5, 5.41) is 6.03. The molecular weight excluding hydrogens is 300 g/mol. The summed E-state index contributed by atoms with van der Waals surface area (Å²) in [6.07, 6.45) is 7.20. The van der Waals surface area contributed by atoms with E-state index in [4.69, 9.17) is 0 Å². The van der Waals surface area contributed by atoms with Crippen LogP contribution in [0.25, 0.3) is 11.3 Å². The molecule has 0 atom stereocenters. The minimum atomic E-state index is 0.522. The van der Waals surface area contributed by atoms with Gasteiger partial charge in [-0.2, -0.15) is 0 Å². The molecule has 2 rings (SSSR count). The van der Waals surface area contributed by atoms with Crippen LogP contribution >= 0.6 is 0 Å².